The van der Waals surface area contributed by atoms with Gasteiger partial charge in [-0.1, -0.05) is 48.5 Å². The first kappa shape index (κ1) is 12.5. The number of nitrogens with two attached hydrogens (primary N) is 1. The monoisotopic (exact) mass is 264 g/mol. The van der Waals surface area contributed by atoms with E-state index in [1.54, 1.807) is 0 Å². The first-order chi connectivity index (χ1) is 9.60. The van der Waals surface area contributed by atoms with Gasteiger partial charge >= 0.3 is 0 Å². The highest BCUT2D eigenvalue weighted by Gasteiger charge is 2.31. The van der Waals surface area contributed by atoms with E-state index < -0.39 is 11.4 Å². The van der Waals surface area contributed by atoms with Crippen LogP contribution in [0.5, 0.6) is 0 Å². The smallest absolute Gasteiger partial charge is 0.249 e. The SMILES string of the molecule is CC1(c2ccccc2)C=C(C(N)=O)c2ccccc2N1. The van der Waals surface area contributed by atoms with Crippen molar-refractivity contribution >= 4 is 17.2 Å². The number of rotatable bonds is 2. The number of hydrogen-bond donors (Lipinski definition) is 2. The van der Waals surface area contributed by atoms with Crippen LogP contribution in [0, 0.1) is 0 Å². The summed E-state index contributed by atoms with van der Waals surface area (Å²) in [6.45, 7) is 2.04. The fourth-order valence-electron chi connectivity index (χ4n) is 2.65. The molecule has 0 saturated carbocycles. The minimum Gasteiger partial charge on any atom is -0.372 e. The van der Waals surface area contributed by atoms with Gasteiger partial charge in [-0.15, -0.1) is 0 Å². The number of fused-ring (bicyclic) bond motifs is 1. The van der Waals surface area contributed by atoms with Crippen molar-refractivity contribution in [1.29, 1.82) is 0 Å². The van der Waals surface area contributed by atoms with Gasteiger partial charge in [-0.2, -0.15) is 0 Å². The van der Waals surface area contributed by atoms with Gasteiger partial charge in [0.25, 0.3) is 0 Å². The summed E-state index contributed by atoms with van der Waals surface area (Å²) >= 11 is 0. The molecule has 1 aliphatic heterocycles. The first-order valence-corrected chi connectivity index (χ1v) is 6.56. The Morgan fingerprint density at radius 2 is 1.70 bits per heavy atom. The highest BCUT2D eigenvalue weighted by Crippen LogP contribution is 2.38. The summed E-state index contributed by atoms with van der Waals surface area (Å²) in [6, 6.07) is 17.7. The molecule has 0 radical (unpaired) electrons. The lowest BCUT2D eigenvalue weighted by Gasteiger charge is -2.35. The molecule has 0 aliphatic carbocycles. The largest absolute Gasteiger partial charge is 0.372 e. The third kappa shape index (κ3) is 1.97. The van der Waals surface area contributed by atoms with Crippen molar-refractivity contribution in [3.05, 3.63) is 71.8 Å². The molecule has 3 heteroatoms. The van der Waals surface area contributed by atoms with Gasteiger partial charge in [-0.05, 0) is 24.6 Å². The van der Waals surface area contributed by atoms with Crippen molar-refractivity contribution in [2.24, 2.45) is 5.73 Å². The van der Waals surface area contributed by atoms with Crippen molar-refractivity contribution in [2.45, 2.75) is 12.5 Å². The lowest BCUT2D eigenvalue weighted by molar-refractivity contribution is -0.112. The summed E-state index contributed by atoms with van der Waals surface area (Å²) in [5, 5.41) is 3.49. The Hall–Kier alpha value is -2.55. The van der Waals surface area contributed by atoms with Crippen LogP contribution in [-0.2, 0) is 10.3 Å². The average Bonchev–Trinajstić information content (AvgIpc) is 2.47. The van der Waals surface area contributed by atoms with Crippen LogP contribution in [0.4, 0.5) is 5.69 Å². The number of nitrogens with one attached hydrogen (secondary N) is 1. The number of anilines is 1. The zero-order valence-corrected chi connectivity index (χ0v) is 11.3. The summed E-state index contributed by atoms with van der Waals surface area (Å²) in [5.74, 6) is -0.402. The Bertz CT molecular complexity index is 691. The highest BCUT2D eigenvalue weighted by molar-refractivity contribution is 6.21. The maximum Gasteiger partial charge on any atom is 0.249 e. The molecule has 1 heterocycles. The molecule has 1 aliphatic rings. The lowest BCUT2D eigenvalue weighted by Crippen LogP contribution is -2.34. The van der Waals surface area contributed by atoms with Crippen molar-refractivity contribution < 1.29 is 4.79 Å². The van der Waals surface area contributed by atoms with Gasteiger partial charge in [0.2, 0.25) is 5.91 Å². The van der Waals surface area contributed by atoms with Gasteiger partial charge in [0.05, 0.1) is 5.54 Å². The first-order valence-electron chi connectivity index (χ1n) is 6.56. The Labute approximate surface area is 118 Å². The number of amides is 1. The van der Waals surface area contributed by atoms with E-state index >= 15 is 0 Å². The van der Waals surface area contributed by atoms with E-state index in [1.807, 2.05) is 67.6 Å². The maximum atomic E-state index is 11.8. The van der Waals surface area contributed by atoms with Crippen molar-refractivity contribution in [2.75, 3.05) is 5.32 Å². The lowest BCUT2D eigenvalue weighted by atomic mass is 9.84. The van der Waals surface area contributed by atoms with E-state index in [2.05, 4.69) is 5.32 Å². The molecule has 3 nitrogen and oxygen atoms in total. The molecule has 1 unspecified atom stereocenters. The second-order valence-electron chi connectivity index (χ2n) is 5.16. The number of para-hydroxylation sites is 1. The van der Waals surface area contributed by atoms with Crippen molar-refractivity contribution in [3.8, 4) is 0 Å². The van der Waals surface area contributed by atoms with Crippen LogP contribution in [0.1, 0.15) is 18.1 Å². The molecule has 3 rings (SSSR count). The summed E-state index contributed by atoms with van der Waals surface area (Å²) in [4.78, 5) is 11.8. The van der Waals surface area contributed by atoms with Gasteiger partial charge in [0.1, 0.15) is 0 Å². The van der Waals surface area contributed by atoms with Crippen LogP contribution in [0.15, 0.2) is 60.7 Å². The van der Waals surface area contributed by atoms with Gasteiger partial charge in [0.15, 0.2) is 0 Å². The average molecular weight is 264 g/mol. The Morgan fingerprint density at radius 3 is 2.40 bits per heavy atom. The van der Waals surface area contributed by atoms with Crippen molar-refractivity contribution in [1.82, 2.24) is 0 Å². The molecule has 0 aromatic heterocycles. The molecule has 0 spiro atoms. The van der Waals surface area contributed by atoms with Crippen LogP contribution in [-0.4, -0.2) is 5.91 Å². The summed E-state index contributed by atoms with van der Waals surface area (Å²) in [7, 11) is 0. The van der Waals surface area contributed by atoms with Crippen LogP contribution in [0.25, 0.3) is 5.57 Å². The van der Waals surface area contributed by atoms with E-state index in [-0.39, 0.29) is 0 Å². The third-order valence-electron chi connectivity index (χ3n) is 3.68. The molecule has 20 heavy (non-hydrogen) atoms. The second kappa shape index (κ2) is 4.53. The van der Waals surface area contributed by atoms with Crippen LogP contribution < -0.4 is 11.1 Å². The quantitative estimate of drug-likeness (QED) is 0.876. The maximum absolute atomic E-state index is 11.8. The highest BCUT2D eigenvalue weighted by atomic mass is 16.1. The topological polar surface area (TPSA) is 55.1 Å². The van der Waals surface area contributed by atoms with E-state index in [1.165, 1.54) is 0 Å². The molecule has 3 N–H and O–H groups in total. The Kier molecular flexibility index (Phi) is 2.83. The normalized spacial score (nSPS) is 20.6. The summed E-state index contributed by atoms with van der Waals surface area (Å²) in [5.41, 5.74) is 8.53. The number of hydrogen-bond acceptors (Lipinski definition) is 2. The number of carbonyl (C=O) groups is 1. The number of carbonyl (C=O) groups excluding carboxylic acids is 1. The van der Waals surface area contributed by atoms with E-state index in [9.17, 15) is 4.79 Å². The zero-order valence-electron chi connectivity index (χ0n) is 11.3. The van der Waals surface area contributed by atoms with Gasteiger partial charge in [-0.25, -0.2) is 0 Å². The van der Waals surface area contributed by atoms with Crippen LogP contribution in [0.3, 0.4) is 0 Å². The zero-order chi connectivity index (χ0) is 14.2. The number of primary amides is 1. The predicted octanol–water partition coefficient (Wildman–Crippen LogP) is 2.90. The Morgan fingerprint density at radius 1 is 1.05 bits per heavy atom. The van der Waals surface area contributed by atoms with Gasteiger partial charge in [0, 0.05) is 16.8 Å². The van der Waals surface area contributed by atoms with Gasteiger partial charge in [-0.3, -0.25) is 4.79 Å². The number of benzene rings is 2. The predicted molar refractivity (Wildman–Crippen MR) is 81.0 cm³/mol. The molecule has 1 amide bonds. The second-order valence-corrected chi connectivity index (χ2v) is 5.16. The van der Waals surface area contributed by atoms with Crippen molar-refractivity contribution in [3.63, 3.8) is 0 Å². The minimum absolute atomic E-state index is 0.402. The van der Waals surface area contributed by atoms with E-state index in [0.717, 1.165) is 16.8 Å². The molecule has 0 bridgehead atoms. The fraction of sp³-hybridized carbons (Fsp3) is 0.118. The van der Waals surface area contributed by atoms with Crippen LogP contribution in [0.2, 0.25) is 0 Å². The summed E-state index contributed by atoms with van der Waals surface area (Å²) < 4.78 is 0. The molecular weight excluding hydrogens is 248 g/mol. The molecule has 0 saturated heterocycles. The standard InChI is InChI=1S/C17H16N2O/c1-17(12-7-3-2-4-8-12)11-14(16(18)20)13-9-5-6-10-15(13)19-17/h2-11,19H,1H3,(H2,18,20). The third-order valence-corrected chi connectivity index (χ3v) is 3.68. The fourth-order valence-corrected chi connectivity index (χ4v) is 2.65. The van der Waals surface area contributed by atoms with Crippen LogP contribution >= 0.6 is 0 Å². The summed E-state index contributed by atoms with van der Waals surface area (Å²) in [6.07, 6.45) is 1.91. The minimum atomic E-state index is -0.444. The molecule has 1 atom stereocenters. The molecule has 2 aromatic rings. The molecule has 100 valence electrons. The Balaban J connectivity index is 2.18. The van der Waals surface area contributed by atoms with E-state index in [0.29, 0.717) is 5.57 Å². The van der Waals surface area contributed by atoms with E-state index in [4.69, 9.17) is 5.73 Å². The molecular formula is C17H16N2O. The molecule has 0 fully saturated rings. The molecule has 2 aromatic carbocycles. The van der Waals surface area contributed by atoms with Gasteiger partial charge < -0.3 is 11.1 Å².